The molecule has 2 rings (SSSR count). The van der Waals surface area contributed by atoms with Crippen molar-refractivity contribution in [1.82, 2.24) is 0 Å². The molecule has 0 aromatic heterocycles. The van der Waals surface area contributed by atoms with Gasteiger partial charge in [-0.3, -0.25) is 4.79 Å². The molecule has 19 heavy (non-hydrogen) atoms. The molecule has 104 valence electrons. The van der Waals surface area contributed by atoms with Crippen molar-refractivity contribution >= 4 is 17.3 Å². The molecule has 0 aliphatic carbocycles. The number of anilines is 2. The molecule has 1 amide bonds. The average molecular weight is 260 g/mol. The van der Waals surface area contributed by atoms with Gasteiger partial charge in [-0.05, 0) is 36.5 Å². The Labute approximate surface area is 116 Å². The zero-order valence-corrected chi connectivity index (χ0v) is 12.2. The Morgan fingerprint density at radius 3 is 2.58 bits per heavy atom. The standard InChI is InChI=1S/C16H24N2O/c1-16(2,3)12-15(19)17-13-7-6-8-14(11-13)18-9-4-5-10-18/h6-8,11H,4-5,9-10,12H2,1-3H3,(H,17,19). The predicted octanol–water partition coefficient (Wildman–Crippen LogP) is 3.66. The van der Waals surface area contributed by atoms with Gasteiger partial charge in [-0.2, -0.15) is 0 Å². The van der Waals surface area contributed by atoms with Crippen molar-refractivity contribution in [3.8, 4) is 0 Å². The Morgan fingerprint density at radius 2 is 1.95 bits per heavy atom. The van der Waals surface area contributed by atoms with Crippen molar-refractivity contribution in [3.05, 3.63) is 24.3 Å². The van der Waals surface area contributed by atoms with E-state index in [-0.39, 0.29) is 11.3 Å². The van der Waals surface area contributed by atoms with Crippen LogP contribution in [0, 0.1) is 5.41 Å². The Bertz CT molecular complexity index is 442. The fourth-order valence-electron chi connectivity index (χ4n) is 2.44. The third kappa shape index (κ3) is 4.27. The SMILES string of the molecule is CC(C)(C)CC(=O)Nc1cccc(N2CCCC2)c1. The van der Waals surface area contributed by atoms with Crippen LogP contribution in [-0.2, 0) is 4.79 Å². The zero-order valence-electron chi connectivity index (χ0n) is 12.2. The molecule has 1 N–H and O–H groups in total. The fraction of sp³-hybridized carbons (Fsp3) is 0.562. The van der Waals surface area contributed by atoms with Gasteiger partial charge in [0.15, 0.2) is 0 Å². The summed E-state index contributed by atoms with van der Waals surface area (Å²) < 4.78 is 0. The van der Waals surface area contributed by atoms with Crippen LogP contribution < -0.4 is 10.2 Å². The molecule has 1 fully saturated rings. The molecule has 0 atom stereocenters. The fourth-order valence-corrected chi connectivity index (χ4v) is 2.44. The normalized spacial score (nSPS) is 15.6. The predicted molar refractivity (Wildman–Crippen MR) is 80.6 cm³/mol. The van der Waals surface area contributed by atoms with E-state index < -0.39 is 0 Å². The molecule has 1 aromatic rings. The summed E-state index contributed by atoms with van der Waals surface area (Å²) in [5.74, 6) is 0.0890. The molecule has 1 aliphatic heterocycles. The molecule has 1 aliphatic rings. The van der Waals surface area contributed by atoms with E-state index in [9.17, 15) is 4.79 Å². The first-order chi connectivity index (χ1) is 8.94. The maximum atomic E-state index is 11.9. The van der Waals surface area contributed by atoms with Gasteiger partial charge in [0.1, 0.15) is 0 Å². The second-order valence-corrected chi connectivity index (χ2v) is 6.53. The van der Waals surface area contributed by atoms with Crippen molar-refractivity contribution in [2.45, 2.75) is 40.0 Å². The van der Waals surface area contributed by atoms with Gasteiger partial charge in [0.05, 0.1) is 0 Å². The first kappa shape index (κ1) is 13.9. The number of nitrogens with zero attached hydrogens (tertiary/aromatic N) is 1. The van der Waals surface area contributed by atoms with Gasteiger partial charge < -0.3 is 10.2 Å². The molecule has 0 unspecified atom stereocenters. The third-order valence-electron chi connectivity index (χ3n) is 3.29. The zero-order chi connectivity index (χ0) is 13.9. The number of hydrogen-bond acceptors (Lipinski definition) is 2. The van der Waals surface area contributed by atoms with Crippen LogP contribution in [0.4, 0.5) is 11.4 Å². The second-order valence-electron chi connectivity index (χ2n) is 6.53. The van der Waals surface area contributed by atoms with Gasteiger partial charge in [-0.25, -0.2) is 0 Å². The smallest absolute Gasteiger partial charge is 0.224 e. The molecule has 1 aromatic carbocycles. The molecular weight excluding hydrogens is 236 g/mol. The lowest BCUT2D eigenvalue weighted by Gasteiger charge is -2.20. The second kappa shape index (κ2) is 5.64. The lowest BCUT2D eigenvalue weighted by Crippen LogP contribution is -2.20. The quantitative estimate of drug-likeness (QED) is 0.899. The van der Waals surface area contributed by atoms with E-state index in [0.717, 1.165) is 18.8 Å². The summed E-state index contributed by atoms with van der Waals surface area (Å²) in [4.78, 5) is 14.3. The highest BCUT2D eigenvalue weighted by Gasteiger charge is 2.17. The number of carbonyl (C=O) groups is 1. The van der Waals surface area contributed by atoms with Crippen molar-refractivity contribution in [1.29, 1.82) is 0 Å². The largest absolute Gasteiger partial charge is 0.371 e. The Hall–Kier alpha value is -1.51. The minimum absolute atomic E-state index is 0.0245. The van der Waals surface area contributed by atoms with Gasteiger partial charge in [0.2, 0.25) is 5.91 Å². The van der Waals surface area contributed by atoms with Crippen molar-refractivity contribution in [2.24, 2.45) is 5.41 Å². The van der Waals surface area contributed by atoms with Crippen molar-refractivity contribution in [2.75, 3.05) is 23.3 Å². The van der Waals surface area contributed by atoms with Crippen molar-refractivity contribution < 1.29 is 4.79 Å². The van der Waals surface area contributed by atoms with Crippen LogP contribution in [0.3, 0.4) is 0 Å². The van der Waals surface area contributed by atoms with E-state index in [1.807, 2.05) is 12.1 Å². The molecule has 0 saturated carbocycles. The molecule has 3 nitrogen and oxygen atoms in total. The first-order valence-corrected chi connectivity index (χ1v) is 7.09. The topological polar surface area (TPSA) is 32.3 Å². The maximum Gasteiger partial charge on any atom is 0.224 e. The van der Waals surface area contributed by atoms with E-state index in [1.165, 1.54) is 18.5 Å². The van der Waals surface area contributed by atoms with Gasteiger partial charge in [0.25, 0.3) is 0 Å². The van der Waals surface area contributed by atoms with E-state index in [0.29, 0.717) is 6.42 Å². The van der Waals surface area contributed by atoms with E-state index >= 15 is 0 Å². The number of amides is 1. The molecule has 3 heteroatoms. The monoisotopic (exact) mass is 260 g/mol. The van der Waals surface area contributed by atoms with Gasteiger partial charge >= 0.3 is 0 Å². The van der Waals surface area contributed by atoms with E-state index in [1.54, 1.807) is 0 Å². The van der Waals surface area contributed by atoms with Gasteiger partial charge in [0, 0.05) is 30.9 Å². The number of carbonyl (C=O) groups excluding carboxylic acids is 1. The molecule has 0 bridgehead atoms. The summed E-state index contributed by atoms with van der Waals surface area (Å²) in [7, 11) is 0. The Morgan fingerprint density at radius 1 is 1.26 bits per heavy atom. The molecular formula is C16H24N2O. The van der Waals surface area contributed by atoms with E-state index in [2.05, 4.69) is 43.1 Å². The molecule has 1 saturated heterocycles. The molecule has 0 radical (unpaired) electrons. The Kier molecular flexibility index (Phi) is 4.13. The lowest BCUT2D eigenvalue weighted by atomic mass is 9.92. The van der Waals surface area contributed by atoms with Crippen LogP contribution in [0.15, 0.2) is 24.3 Å². The number of benzene rings is 1. The summed E-state index contributed by atoms with van der Waals surface area (Å²) in [6, 6.07) is 8.16. The van der Waals surface area contributed by atoms with Crippen LogP contribution in [-0.4, -0.2) is 19.0 Å². The third-order valence-corrected chi connectivity index (χ3v) is 3.29. The highest BCUT2D eigenvalue weighted by Crippen LogP contribution is 2.24. The van der Waals surface area contributed by atoms with Crippen LogP contribution in [0.25, 0.3) is 0 Å². The maximum absolute atomic E-state index is 11.9. The summed E-state index contributed by atoms with van der Waals surface area (Å²) in [6.45, 7) is 8.48. The minimum Gasteiger partial charge on any atom is -0.371 e. The van der Waals surface area contributed by atoms with Crippen LogP contribution in [0.2, 0.25) is 0 Å². The number of hydrogen-bond donors (Lipinski definition) is 1. The summed E-state index contributed by atoms with van der Waals surface area (Å²) in [6.07, 6.45) is 3.07. The number of nitrogens with one attached hydrogen (secondary N) is 1. The highest BCUT2D eigenvalue weighted by molar-refractivity contribution is 5.91. The summed E-state index contributed by atoms with van der Waals surface area (Å²) in [5, 5.41) is 3.00. The number of rotatable bonds is 3. The van der Waals surface area contributed by atoms with Gasteiger partial charge in [-0.1, -0.05) is 26.8 Å². The van der Waals surface area contributed by atoms with Crippen LogP contribution in [0.5, 0.6) is 0 Å². The average Bonchev–Trinajstić information content (AvgIpc) is 2.79. The Balaban J connectivity index is 2.00. The van der Waals surface area contributed by atoms with Crippen LogP contribution >= 0.6 is 0 Å². The van der Waals surface area contributed by atoms with Crippen molar-refractivity contribution in [3.63, 3.8) is 0 Å². The minimum atomic E-state index is 0.0245. The highest BCUT2D eigenvalue weighted by atomic mass is 16.1. The van der Waals surface area contributed by atoms with Gasteiger partial charge in [-0.15, -0.1) is 0 Å². The molecule has 0 spiro atoms. The lowest BCUT2D eigenvalue weighted by molar-refractivity contribution is -0.117. The summed E-state index contributed by atoms with van der Waals surface area (Å²) in [5.41, 5.74) is 2.14. The summed E-state index contributed by atoms with van der Waals surface area (Å²) >= 11 is 0. The van der Waals surface area contributed by atoms with E-state index in [4.69, 9.17) is 0 Å². The first-order valence-electron chi connectivity index (χ1n) is 7.09. The molecule has 1 heterocycles. The van der Waals surface area contributed by atoms with Crippen LogP contribution in [0.1, 0.15) is 40.0 Å².